The van der Waals surface area contributed by atoms with Crippen LogP contribution in [0, 0.1) is 11.3 Å². The van der Waals surface area contributed by atoms with E-state index >= 15 is 0 Å². The first-order valence-corrected chi connectivity index (χ1v) is 8.43. The number of benzene rings is 1. The maximum atomic E-state index is 9.32. The number of nitriles is 1. The lowest BCUT2D eigenvalue weighted by molar-refractivity contribution is -0.00327. The highest BCUT2D eigenvalue weighted by Gasteiger charge is 2.29. The molecule has 6 nitrogen and oxygen atoms in total. The Balaban J connectivity index is 2.23. The zero-order chi connectivity index (χ0) is 19.5. The van der Waals surface area contributed by atoms with Crippen LogP contribution in [0.15, 0.2) is 33.8 Å². The van der Waals surface area contributed by atoms with Crippen LogP contribution in [0.25, 0.3) is 0 Å². The molecule has 1 aromatic carbocycles. The van der Waals surface area contributed by atoms with Crippen molar-refractivity contribution in [2.45, 2.75) is 45.6 Å². The molecule has 0 amide bonds. The monoisotopic (exact) mass is 354 g/mol. The molecule has 0 fully saturated rings. The molecule has 0 N–H and O–H groups in total. The van der Waals surface area contributed by atoms with Crippen molar-refractivity contribution in [3.63, 3.8) is 0 Å². The van der Waals surface area contributed by atoms with Crippen LogP contribution in [0.4, 0.5) is 5.88 Å². The lowest BCUT2D eigenvalue weighted by atomic mass is 9.87. The molecule has 6 heteroatoms. The van der Waals surface area contributed by atoms with Crippen molar-refractivity contribution in [2.75, 3.05) is 19.2 Å². The summed E-state index contributed by atoms with van der Waals surface area (Å²) in [5.74, 6) is 0.623. The number of aromatic nitrogens is 1. The summed E-state index contributed by atoms with van der Waals surface area (Å²) < 4.78 is 11.1. The molecule has 2 aromatic rings. The molecule has 0 bridgehead atoms. The quantitative estimate of drug-likeness (QED) is 0.594. The number of ether oxygens (including phenoxy) is 1. The molecular weight excluding hydrogens is 328 g/mol. The minimum absolute atomic E-state index is 0.110. The summed E-state index contributed by atoms with van der Waals surface area (Å²) in [7, 11) is 3.28. The van der Waals surface area contributed by atoms with Gasteiger partial charge < -0.3 is 9.15 Å². The number of nitrogens with zero attached hydrogens (tertiary/aromatic N) is 4. The Labute approximate surface area is 155 Å². The van der Waals surface area contributed by atoms with Crippen LogP contribution < -0.4 is 5.01 Å². The summed E-state index contributed by atoms with van der Waals surface area (Å²) in [6, 6.07) is 10.3. The minimum atomic E-state index is -0.725. The number of hydrazone groups is 1. The largest absolute Gasteiger partial charge is 0.419 e. The summed E-state index contributed by atoms with van der Waals surface area (Å²) in [5.41, 5.74) is 1.78. The molecule has 0 aliphatic rings. The van der Waals surface area contributed by atoms with E-state index in [0.717, 1.165) is 5.56 Å². The molecule has 0 saturated heterocycles. The van der Waals surface area contributed by atoms with Crippen LogP contribution in [0.2, 0.25) is 0 Å². The van der Waals surface area contributed by atoms with Crippen molar-refractivity contribution in [1.82, 2.24) is 4.98 Å². The zero-order valence-electron chi connectivity index (χ0n) is 16.5. The van der Waals surface area contributed by atoms with Crippen LogP contribution >= 0.6 is 0 Å². The molecule has 0 unspecified atom stereocenters. The average molecular weight is 354 g/mol. The van der Waals surface area contributed by atoms with Crippen LogP contribution in [0.1, 0.15) is 57.3 Å². The maximum Gasteiger partial charge on any atom is 0.254 e. The van der Waals surface area contributed by atoms with E-state index in [0.29, 0.717) is 5.89 Å². The Morgan fingerprint density at radius 2 is 1.81 bits per heavy atom. The van der Waals surface area contributed by atoms with Crippen molar-refractivity contribution in [3.8, 4) is 6.07 Å². The molecule has 2 rings (SSSR count). The molecule has 0 radical (unpaired) electrons. The van der Waals surface area contributed by atoms with E-state index in [9.17, 15) is 5.26 Å². The van der Waals surface area contributed by atoms with Crippen molar-refractivity contribution in [1.29, 1.82) is 5.26 Å². The first kappa shape index (κ1) is 19.7. The summed E-state index contributed by atoms with van der Waals surface area (Å²) >= 11 is 0. The predicted molar refractivity (Wildman–Crippen MR) is 102 cm³/mol. The van der Waals surface area contributed by atoms with E-state index in [4.69, 9.17) is 9.15 Å². The smallest absolute Gasteiger partial charge is 0.254 e. The van der Waals surface area contributed by atoms with Gasteiger partial charge in [-0.05, 0) is 30.4 Å². The van der Waals surface area contributed by atoms with Crippen LogP contribution in [0.3, 0.4) is 0 Å². The van der Waals surface area contributed by atoms with Gasteiger partial charge in [-0.1, -0.05) is 45.0 Å². The van der Waals surface area contributed by atoms with E-state index in [1.165, 1.54) is 10.6 Å². The molecule has 1 heterocycles. The van der Waals surface area contributed by atoms with Gasteiger partial charge >= 0.3 is 0 Å². The van der Waals surface area contributed by atoms with Gasteiger partial charge in [0.05, 0.1) is 6.21 Å². The first-order chi connectivity index (χ1) is 12.1. The van der Waals surface area contributed by atoms with Gasteiger partial charge in [0.2, 0.25) is 11.6 Å². The Morgan fingerprint density at radius 1 is 1.19 bits per heavy atom. The summed E-state index contributed by atoms with van der Waals surface area (Å²) in [6.07, 6.45) is 1.72. The van der Waals surface area contributed by atoms with E-state index in [1.807, 2.05) is 32.0 Å². The number of hydrogen-bond acceptors (Lipinski definition) is 6. The number of methoxy groups -OCH3 is 1. The fraction of sp³-hybridized carbons (Fsp3) is 0.450. The second kappa shape index (κ2) is 7.30. The fourth-order valence-electron chi connectivity index (χ4n) is 2.22. The Bertz CT molecular complexity index is 821. The molecule has 0 aliphatic heterocycles. The van der Waals surface area contributed by atoms with E-state index in [1.54, 1.807) is 20.4 Å². The van der Waals surface area contributed by atoms with Crippen molar-refractivity contribution in [2.24, 2.45) is 5.10 Å². The molecule has 1 aromatic heterocycles. The number of oxazole rings is 1. The van der Waals surface area contributed by atoms with Crippen molar-refractivity contribution < 1.29 is 9.15 Å². The van der Waals surface area contributed by atoms with Gasteiger partial charge in [-0.2, -0.15) is 15.3 Å². The molecule has 26 heavy (non-hydrogen) atoms. The fourth-order valence-corrected chi connectivity index (χ4v) is 2.22. The van der Waals surface area contributed by atoms with Crippen LogP contribution in [-0.4, -0.2) is 25.4 Å². The molecule has 0 spiro atoms. The van der Waals surface area contributed by atoms with Gasteiger partial charge in [0.1, 0.15) is 11.7 Å². The Hall–Kier alpha value is -2.65. The highest BCUT2D eigenvalue weighted by molar-refractivity contribution is 5.80. The SMILES string of the molecule is COC(C)(C)c1nc(C#N)c(N(C)N=Cc2ccc(C(C)(C)C)cc2)o1. The maximum absolute atomic E-state index is 9.32. The molecule has 0 atom stereocenters. The number of hydrogen-bond donors (Lipinski definition) is 0. The van der Waals surface area contributed by atoms with Crippen LogP contribution in [0.5, 0.6) is 0 Å². The molecular formula is C20H26N4O2. The average Bonchev–Trinajstić information content (AvgIpc) is 3.04. The summed E-state index contributed by atoms with van der Waals surface area (Å²) in [5, 5.41) is 15.2. The second-order valence-corrected chi connectivity index (χ2v) is 7.64. The predicted octanol–water partition coefficient (Wildman–Crippen LogP) is 4.20. The van der Waals surface area contributed by atoms with Crippen LogP contribution in [-0.2, 0) is 15.8 Å². The van der Waals surface area contributed by atoms with E-state index in [2.05, 4.69) is 43.0 Å². The third-order valence-corrected chi connectivity index (χ3v) is 4.19. The summed E-state index contributed by atoms with van der Waals surface area (Å²) in [6.45, 7) is 10.2. The van der Waals surface area contributed by atoms with Crippen molar-refractivity contribution >= 4 is 12.1 Å². The third kappa shape index (κ3) is 4.30. The highest BCUT2D eigenvalue weighted by atomic mass is 16.5. The van der Waals surface area contributed by atoms with Gasteiger partial charge in [-0.25, -0.2) is 5.01 Å². The first-order valence-electron chi connectivity index (χ1n) is 8.43. The lowest BCUT2D eigenvalue weighted by Gasteiger charge is -2.18. The molecule has 0 aliphatic carbocycles. The minimum Gasteiger partial charge on any atom is -0.419 e. The van der Waals surface area contributed by atoms with Gasteiger partial charge in [0.25, 0.3) is 5.88 Å². The normalized spacial score (nSPS) is 12.4. The highest BCUT2D eigenvalue weighted by Crippen LogP contribution is 2.29. The second-order valence-electron chi connectivity index (χ2n) is 7.64. The number of rotatable bonds is 5. The Kier molecular flexibility index (Phi) is 5.53. The van der Waals surface area contributed by atoms with Gasteiger partial charge in [-0.3, -0.25) is 0 Å². The zero-order valence-corrected chi connectivity index (χ0v) is 16.5. The van der Waals surface area contributed by atoms with E-state index in [-0.39, 0.29) is 17.0 Å². The van der Waals surface area contributed by atoms with E-state index < -0.39 is 5.60 Å². The number of anilines is 1. The Morgan fingerprint density at radius 3 is 2.31 bits per heavy atom. The summed E-state index contributed by atoms with van der Waals surface area (Å²) in [4.78, 5) is 4.22. The van der Waals surface area contributed by atoms with Gasteiger partial charge in [0, 0.05) is 14.2 Å². The molecule has 0 saturated carbocycles. The topological polar surface area (TPSA) is 74.7 Å². The lowest BCUT2D eigenvalue weighted by Crippen LogP contribution is -2.19. The van der Waals surface area contributed by atoms with Gasteiger partial charge in [-0.15, -0.1) is 0 Å². The molecule has 138 valence electrons. The standard InChI is InChI=1S/C20H26N4O2/c1-19(2,3)15-10-8-14(9-11-15)13-22-24(6)17-16(12-21)23-18(26-17)20(4,5)25-7/h8-11,13H,1-7H3. The van der Waals surface area contributed by atoms with Gasteiger partial charge in [0.15, 0.2) is 0 Å². The third-order valence-electron chi connectivity index (χ3n) is 4.19. The van der Waals surface area contributed by atoms with Crippen molar-refractivity contribution in [3.05, 3.63) is 47.0 Å².